The van der Waals surface area contributed by atoms with Crippen LogP contribution in [-0.2, 0) is 0 Å². The molecule has 1 heterocycles. The molecule has 0 amide bonds. The average molecular weight is 178 g/mol. The summed E-state index contributed by atoms with van der Waals surface area (Å²) in [5.41, 5.74) is 1.72. The molecule has 0 fully saturated rings. The molecule has 0 aliphatic heterocycles. The highest BCUT2D eigenvalue weighted by molar-refractivity contribution is 5.48. The van der Waals surface area contributed by atoms with Crippen molar-refractivity contribution in [1.82, 2.24) is 10.3 Å². The molecule has 0 unspecified atom stereocenters. The lowest BCUT2D eigenvalue weighted by atomic mass is 10.2. The first kappa shape index (κ1) is 9.74. The van der Waals surface area contributed by atoms with Gasteiger partial charge in [0, 0.05) is 18.3 Å². The maximum absolute atomic E-state index is 11.2. The number of aromatic nitrogens is 1. The molecule has 1 rings (SSSR count). The van der Waals surface area contributed by atoms with Gasteiger partial charge in [0.05, 0.1) is 0 Å². The maximum atomic E-state index is 11.2. The first-order chi connectivity index (χ1) is 6.24. The largest absolute Gasteiger partial charge is 0.328 e. The Morgan fingerprint density at radius 3 is 3.08 bits per heavy atom. The fourth-order valence-electron chi connectivity index (χ4n) is 1.04. The summed E-state index contributed by atoms with van der Waals surface area (Å²) in [6.07, 6.45) is 5.45. The van der Waals surface area contributed by atoms with Gasteiger partial charge in [0.25, 0.3) is 5.56 Å². The van der Waals surface area contributed by atoms with Crippen molar-refractivity contribution in [3.63, 3.8) is 0 Å². The lowest BCUT2D eigenvalue weighted by Crippen LogP contribution is -2.09. The second kappa shape index (κ2) is 4.62. The molecule has 13 heavy (non-hydrogen) atoms. The summed E-state index contributed by atoms with van der Waals surface area (Å²) < 4.78 is 0. The second-order valence-corrected chi connectivity index (χ2v) is 2.92. The van der Waals surface area contributed by atoms with Gasteiger partial charge in [-0.25, -0.2) is 0 Å². The van der Waals surface area contributed by atoms with E-state index in [0.29, 0.717) is 5.56 Å². The van der Waals surface area contributed by atoms with Crippen molar-refractivity contribution in [3.05, 3.63) is 39.8 Å². The average Bonchev–Trinajstić information content (AvgIpc) is 2.11. The normalized spacial score (nSPS) is 10.9. The van der Waals surface area contributed by atoms with Crippen molar-refractivity contribution in [2.24, 2.45) is 0 Å². The van der Waals surface area contributed by atoms with E-state index in [-0.39, 0.29) is 5.56 Å². The van der Waals surface area contributed by atoms with Crippen molar-refractivity contribution in [2.45, 2.75) is 6.92 Å². The Morgan fingerprint density at radius 2 is 2.38 bits per heavy atom. The van der Waals surface area contributed by atoms with Crippen LogP contribution in [0.25, 0.3) is 6.08 Å². The van der Waals surface area contributed by atoms with E-state index in [1.807, 2.05) is 32.2 Å². The van der Waals surface area contributed by atoms with Crippen LogP contribution in [0, 0.1) is 6.92 Å². The molecule has 1 aromatic heterocycles. The second-order valence-electron chi connectivity index (χ2n) is 2.92. The van der Waals surface area contributed by atoms with Crippen LogP contribution in [0.3, 0.4) is 0 Å². The number of hydrogen-bond acceptors (Lipinski definition) is 2. The third-order valence-electron chi connectivity index (χ3n) is 1.70. The third kappa shape index (κ3) is 2.87. The van der Waals surface area contributed by atoms with Crippen LogP contribution in [0.4, 0.5) is 0 Å². The molecule has 0 atom stereocenters. The van der Waals surface area contributed by atoms with Crippen LogP contribution in [0.1, 0.15) is 11.1 Å². The Hall–Kier alpha value is -1.35. The Bertz CT molecular complexity index is 352. The van der Waals surface area contributed by atoms with Crippen LogP contribution in [0.5, 0.6) is 0 Å². The molecule has 0 saturated carbocycles. The molecule has 0 aromatic carbocycles. The van der Waals surface area contributed by atoms with Crippen LogP contribution in [0.2, 0.25) is 0 Å². The highest BCUT2D eigenvalue weighted by atomic mass is 16.1. The number of H-pyrrole nitrogens is 1. The molecule has 3 nitrogen and oxygen atoms in total. The Balaban J connectivity index is 2.87. The van der Waals surface area contributed by atoms with Crippen LogP contribution in [-0.4, -0.2) is 18.6 Å². The molecule has 0 radical (unpaired) electrons. The molecule has 2 N–H and O–H groups in total. The molecule has 1 aromatic rings. The Kier molecular flexibility index (Phi) is 3.46. The molecule has 0 bridgehead atoms. The van der Waals surface area contributed by atoms with Gasteiger partial charge in [0.2, 0.25) is 0 Å². The van der Waals surface area contributed by atoms with Gasteiger partial charge < -0.3 is 10.3 Å². The molecule has 0 saturated heterocycles. The highest BCUT2D eigenvalue weighted by Crippen LogP contribution is 1.97. The molecule has 3 heteroatoms. The summed E-state index contributed by atoms with van der Waals surface area (Å²) in [4.78, 5) is 13.9. The van der Waals surface area contributed by atoms with E-state index >= 15 is 0 Å². The number of likely N-dealkylation sites (N-methyl/N-ethyl adjacent to an activating group) is 1. The van der Waals surface area contributed by atoms with Gasteiger partial charge in [-0.1, -0.05) is 12.2 Å². The zero-order valence-electron chi connectivity index (χ0n) is 7.92. The minimum Gasteiger partial charge on any atom is -0.328 e. The molecular formula is C10H14N2O. The van der Waals surface area contributed by atoms with E-state index in [2.05, 4.69) is 10.3 Å². The van der Waals surface area contributed by atoms with Crippen LogP contribution >= 0.6 is 0 Å². The molecule has 0 aliphatic rings. The number of nitrogens with one attached hydrogen (secondary N) is 2. The standard InChI is InChI=1S/C10H14N2O/c1-8-6-9(4-3-5-11-2)10(13)12-7-8/h3-4,6-7,11H,5H2,1-2H3,(H,12,13). The van der Waals surface area contributed by atoms with E-state index < -0.39 is 0 Å². The fourth-order valence-corrected chi connectivity index (χ4v) is 1.04. The minimum atomic E-state index is -0.0436. The maximum Gasteiger partial charge on any atom is 0.255 e. The predicted octanol–water partition coefficient (Wildman–Crippen LogP) is 0.916. The quantitative estimate of drug-likeness (QED) is 0.722. The van der Waals surface area contributed by atoms with Crippen molar-refractivity contribution < 1.29 is 0 Å². The van der Waals surface area contributed by atoms with Gasteiger partial charge in [-0.3, -0.25) is 4.79 Å². The van der Waals surface area contributed by atoms with Gasteiger partial charge in [-0.2, -0.15) is 0 Å². The smallest absolute Gasteiger partial charge is 0.255 e. The first-order valence-corrected chi connectivity index (χ1v) is 4.24. The summed E-state index contributed by atoms with van der Waals surface area (Å²) in [5, 5.41) is 2.97. The zero-order valence-corrected chi connectivity index (χ0v) is 7.92. The van der Waals surface area contributed by atoms with E-state index in [1.54, 1.807) is 6.20 Å². The summed E-state index contributed by atoms with van der Waals surface area (Å²) in [7, 11) is 1.87. The number of hydrogen-bond donors (Lipinski definition) is 2. The summed E-state index contributed by atoms with van der Waals surface area (Å²) >= 11 is 0. The Labute approximate surface area is 77.5 Å². The SMILES string of the molecule is CNCC=Cc1cc(C)c[nH]c1=O. The van der Waals surface area contributed by atoms with Crippen molar-refractivity contribution in [1.29, 1.82) is 0 Å². The molecule has 0 aliphatic carbocycles. The minimum absolute atomic E-state index is 0.0436. The van der Waals surface area contributed by atoms with Crippen molar-refractivity contribution in [2.75, 3.05) is 13.6 Å². The Morgan fingerprint density at radius 1 is 1.62 bits per heavy atom. The lowest BCUT2D eigenvalue weighted by molar-refractivity contribution is 0.922. The van der Waals surface area contributed by atoms with Gasteiger partial charge in [-0.15, -0.1) is 0 Å². The van der Waals surface area contributed by atoms with Crippen molar-refractivity contribution >= 4 is 6.08 Å². The number of aryl methyl sites for hydroxylation is 1. The number of rotatable bonds is 3. The summed E-state index contributed by atoms with van der Waals surface area (Å²) in [6, 6.07) is 1.87. The van der Waals surface area contributed by atoms with Crippen molar-refractivity contribution in [3.8, 4) is 0 Å². The van der Waals surface area contributed by atoms with Gasteiger partial charge >= 0.3 is 0 Å². The summed E-state index contributed by atoms with van der Waals surface area (Å²) in [6.45, 7) is 2.72. The monoisotopic (exact) mass is 178 g/mol. The van der Waals surface area contributed by atoms with E-state index in [4.69, 9.17) is 0 Å². The zero-order chi connectivity index (χ0) is 9.68. The van der Waals surface area contributed by atoms with Gasteiger partial charge in [-0.05, 0) is 25.6 Å². The lowest BCUT2D eigenvalue weighted by Gasteiger charge is -1.94. The predicted molar refractivity (Wildman–Crippen MR) is 54.8 cm³/mol. The third-order valence-corrected chi connectivity index (χ3v) is 1.70. The molecule has 70 valence electrons. The first-order valence-electron chi connectivity index (χ1n) is 4.24. The number of pyridine rings is 1. The van der Waals surface area contributed by atoms with Gasteiger partial charge in [0.1, 0.15) is 0 Å². The van der Waals surface area contributed by atoms with Crippen LogP contribution < -0.4 is 10.9 Å². The molecule has 0 spiro atoms. The topological polar surface area (TPSA) is 44.9 Å². The van der Waals surface area contributed by atoms with E-state index in [1.165, 1.54) is 0 Å². The van der Waals surface area contributed by atoms with Crippen LogP contribution in [0.15, 0.2) is 23.1 Å². The van der Waals surface area contributed by atoms with Gasteiger partial charge in [0.15, 0.2) is 0 Å². The van der Waals surface area contributed by atoms with E-state index in [9.17, 15) is 4.79 Å². The molecular weight excluding hydrogens is 164 g/mol. The number of aromatic amines is 1. The summed E-state index contributed by atoms with van der Waals surface area (Å²) in [5.74, 6) is 0. The fraction of sp³-hybridized carbons (Fsp3) is 0.300. The van der Waals surface area contributed by atoms with E-state index in [0.717, 1.165) is 12.1 Å². The highest BCUT2D eigenvalue weighted by Gasteiger charge is 1.93.